The quantitative estimate of drug-likeness (QED) is 0.926. The van der Waals surface area contributed by atoms with Gasteiger partial charge in [-0.25, -0.2) is 4.99 Å². The fourth-order valence-electron chi connectivity index (χ4n) is 1.88. The fraction of sp³-hybridized carbons (Fsp3) is 0.417. The number of anilines is 1. The summed E-state index contributed by atoms with van der Waals surface area (Å²) < 4.78 is 5.14. The van der Waals surface area contributed by atoms with Crippen LogP contribution in [0.15, 0.2) is 23.2 Å². The zero-order valence-electron chi connectivity index (χ0n) is 10.1. The molecule has 2 rings (SSSR count). The van der Waals surface area contributed by atoms with Crippen molar-refractivity contribution in [3.05, 3.63) is 28.2 Å². The minimum Gasteiger partial charge on any atom is -0.463 e. The third kappa shape index (κ3) is 3.00. The number of hydrogen-bond acceptors (Lipinski definition) is 4. The molecule has 2 N–H and O–H groups in total. The van der Waals surface area contributed by atoms with Crippen molar-refractivity contribution in [3.8, 4) is 0 Å². The van der Waals surface area contributed by atoms with Crippen molar-refractivity contribution in [1.29, 1.82) is 0 Å². The smallest absolute Gasteiger partial charge is 0.282 e. The summed E-state index contributed by atoms with van der Waals surface area (Å²) in [6, 6.07) is 5.94. The largest absolute Gasteiger partial charge is 0.463 e. The Kier molecular flexibility index (Phi) is 4.19. The van der Waals surface area contributed by atoms with Crippen LogP contribution in [0.4, 0.5) is 5.69 Å². The standard InChI is InChI=1S/C12H15Cl2N3O/c1-2-17(6-8-7-18-12(15)16-8)9-3-4-10(13)11(14)5-9/h3-5,8H,2,6-7H2,1H3,(H2,15,16)/t8-/m0/s1. The Bertz CT molecular complexity index is 465. The van der Waals surface area contributed by atoms with E-state index in [4.69, 9.17) is 33.7 Å². The zero-order chi connectivity index (χ0) is 13.1. The number of nitrogens with two attached hydrogens (primary N) is 1. The van der Waals surface area contributed by atoms with Crippen LogP contribution in [0.5, 0.6) is 0 Å². The highest BCUT2D eigenvalue weighted by Crippen LogP contribution is 2.27. The van der Waals surface area contributed by atoms with E-state index in [1.807, 2.05) is 12.1 Å². The van der Waals surface area contributed by atoms with Gasteiger partial charge in [0.05, 0.1) is 10.0 Å². The summed E-state index contributed by atoms with van der Waals surface area (Å²) in [6.07, 6.45) is 0. The third-order valence-electron chi connectivity index (χ3n) is 2.81. The lowest BCUT2D eigenvalue weighted by Crippen LogP contribution is -2.32. The molecule has 0 saturated heterocycles. The molecule has 1 heterocycles. The number of rotatable bonds is 4. The van der Waals surface area contributed by atoms with Crippen molar-refractivity contribution in [2.24, 2.45) is 10.7 Å². The average Bonchev–Trinajstić information content (AvgIpc) is 2.75. The number of ether oxygens (including phenoxy) is 1. The highest BCUT2D eigenvalue weighted by molar-refractivity contribution is 6.42. The lowest BCUT2D eigenvalue weighted by molar-refractivity contribution is 0.313. The Hall–Kier alpha value is -1.13. The number of benzene rings is 1. The molecule has 0 spiro atoms. The summed E-state index contributed by atoms with van der Waals surface area (Å²) in [5.41, 5.74) is 6.52. The van der Waals surface area contributed by atoms with E-state index >= 15 is 0 Å². The molecule has 0 radical (unpaired) electrons. The van der Waals surface area contributed by atoms with Gasteiger partial charge >= 0.3 is 0 Å². The first-order chi connectivity index (χ1) is 8.60. The van der Waals surface area contributed by atoms with Crippen molar-refractivity contribution in [2.75, 3.05) is 24.6 Å². The van der Waals surface area contributed by atoms with Crippen LogP contribution in [-0.2, 0) is 4.74 Å². The van der Waals surface area contributed by atoms with Crippen LogP contribution in [0, 0.1) is 0 Å². The van der Waals surface area contributed by atoms with Crippen molar-refractivity contribution in [1.82, 2.24) is 0 Å². The lowest BCUT2D eigenvalue weighted by atomic mass is 10.2. The zero-order valence-corrected chi connectivity index (χ0v) is 11.6. The van der Waals surface area contributed by atoms with E-state index < -0.39 is 0 Å². The van der Waals surface area contributed by atoms with Gasteiger partial charge < -0.3 is 15.4 Å². The maximum Gasteiger partial charge on any atom is 0.282 e. The van der Waals surface area contributed by atoms with Crippen molar-refractivity contribution in [3.63, 3.8) is 0 Å². The second kappa shape index (κ2) is 5.67. The molecule has 4 nitrogen and oxygen atoms in total. The summed E-state index contributed by atoms with van der Waals surface area (Å²) >= 11 is 11.9. The number of amidine groups is 1. The molecular weight excluding hydrogens is 273 g/mol. The number of aliphatic imine (C=N–C) groups is 1. The van der Waals surface area contributed by atoms with Gasteiger partial charge in [-0.05, 0) is 25.1 Å². The first-order valence-corrected chi connectivity index (χ1v) is 6.51. The molecule has 0 aromatic heterocycles. The SMILES string of the molecule is CCN(C[C@H]1COC(N)=N1)c1ccc(Cl)c(Cl)c1. The fourth-order valence-corrected chi connectivity index (χ4v) is 2.18. The topological polar surface area (TPSA) is 50.9 Å². The van der Waals surface area contributed by atoms with E-state index in [-0.39, 0.29) is 12.1 Å². The first-order valence-electron chi connectivity index (χ1n) is 5.76. The molecule has 1 atom stereocenters. The molecule has 0 bridgehead atoms. The van der Waals surface area contributed by atoms with Gasteiger partial charge in [-0.2, -0.15) is 0 Å². The van der Waals surface area contributed by atoms with Crippen LogP contribution in [0.25, 0.3) is 0 Å². The molecule has 1 aliphatic rings. The van der Waals surface area contributed by atoms with Crippen LogP contribution < -0.4 is 10.6 Å². The van der Waals surface area contributed by atoms with Gasteiger partial charge in [0.2, 0.25) is 0 Å². The summed E-state index contributed by atoms with van der Waals surface area (Å²) in [4.78, 5) is 6.38. The first kappa shape index (κ1) is 13.3. The Balaban J connectivity index is 2.10. The average molecular weight is 288 g/mol. The molecule has 1 aromatic rings. The van der Waals surface area contributed by atoms with Crippen LogP contribution in [0.1, 0.15) is 6.92 Å². The van der Waals surface area contributed by atoms with Gasteiger partial charge in [0.25, 0.3) is 6.02 Å². The Morgan fingerprint density at radius 3 is 2.78 bits per heavy atom. The van der Waals surface area contributed by atoms with Gasteiger partial charge in [0, 0.05) is 18.8 Å². The Labute approximate surface area is 116 Å². The normalized spacial score (nSPS) is 18.4. The van der Waals surface area contributed by atoms with E-state index in [0.717, 1.165) is 18.8 Å². The van der Waals surface area contributed by atoms with Crippen molar-refractivity contribution in [2.45, 2.75) is 13.0 Å². The van der Waals surface area contributed by atoms with Gasteiger partial charge in [0.15, 0.2) is 0 Å². The van der Waals surface area contributed by atoms with Crippen LogP contribution in [-0.4, -0.2) is 31.8 Å². The molecular formula is C12H15Cl2N3O. The predicted molar refractivity (Wildman–Crippen MR) is 75.7 cm³/mol. The van der Waals surface area contributed by atoms with Gasteiger partial charge in [-0.1, -0.05) is 23.2 Å². The maximum atomic E-state index is 6.02. The molecule has 1 aromatic carbocycles. The van der Waals surface area contributed by atoms with Crippen molar-refractivity contribution >= 4 is 34.9 Å². The molecule has 0 amide bonds. The van der Waals surface area contributed by atoms with Gasteiger partial charge in [0.1, 0.15) is 12.6 Å². The molecule has 18 heavy (non-hydrogen) atoms. The van der Waals surface area contributed by atoms with Crippen LogP contribution >= 0.6 is 23.2 Å². The van der Waals surface area contributed by atoms with E-state index in [1.165, 1.54) is 0 Å². The summed E-state index contributed by atoms with van der Waals surface area (Å²) in [7, 11) is 0. The highest BCUT2D eigenvalue weighted by Gasteiger charge is 2.20. The van der Waals surface area contributed by atoms with Gasteiger partial charge in [-0.3, -0.25) is 0 Å². The Morgan fingerprint density at radius 1 is 1.44 bits per heavy atom. The second-order valence-corrected chi connectivity index (χ2v) is 4.88. The van der Waals surface area contributed by atoms with E-state index in [1.54, 1.807) is 6.07 Å². The van der Waals surface area contributed by atoms with E-state index in [9.17, 15) is 0 Å². The van der Waals surface area contributed by atoms with Crippen molar-refractivity contribution < 1.29 is 4.74 Å². The maximum absolute atomic E-state index is 6.02. The molecule has 6 heteroatoms. The monoisotopic (exact) mass is 287 g/mol. The molecule has 1 aliphatic heterocycles. The lowest BCUT2D eigenvalue weighted by Gasteiger charge is -2.25. The Morgan fingerprint density at radius 2 is 2.22 bits per heavy atom. The predicted octanol–water partition coefficient (Wildman–Crippen LogP) is 2.53. The van der Waals surface area contributed by atoms with Crippen LogP contribution in [0.2, 0.25) is 10.0 Å². The number of likely N-dealkylation sites (N-methyl/N-ethyl adjacent to an activating group) is 1. The molecule has 0 aliphatic carbocycles. The summed E-state index contributed by atoms with van der Waals surface area (Å²) in [5, 5.41) is 1.11. The number of hydrogen-bond donors (Lipinski definition) is 1. The number of halogens is 2. The minimum atomic E-state index is 0.0689. The van der Waals surface area contributed by atoms with E-state index in [0.29, 0.717) is 16.7 Å². The van der Waals surface area contributed by atoms with E-state index in [2.05, 4.69) is 16.8 Å². The molecule has 0 saturated carbocycles. The summed E-state index contributed by atoms with van der Waals surface area (Å²) in [5.74, 6) is 0. The molecule has 98 valence electrons. The van der Waals surface area contributed by atoms with Gasteiger partial charge in [-0.15, -0.1) is 0 Å². The molecule has 0 fully saturated rings. The molecule has 0 unspecified atom stereocenters. The highest BCUT2D eigenvalue weighted by atomic mass is 35.5. The summed E-state index contributed by atoms with van der Waals surface area (Å²) in [6.45, 7) is 4.20. The minimum absolute atomic E-state index is 0.0689. The third-order valence-corrected chi connectivity index (χ3v) is 3.55. The number of nitrogens with zero attached hydrogens (tertiary/aromatic N) is 2. The second-order valence-electron chi connectivity index (χ2n) is 4.07. The van der Waals surface area contributed by atoms with Crippen LogP contribution in [0.3, 0.4) is 0 Å².